The number of esters is 1. The van der Waals surface area contributed by atoms with E-state index >= 15 is 0 Å². The van der Waals surface area contributed by atoms with Gasteiger partial charge in [-0.3, -0.25) is 4.79 Å². The van der Waals surface area contributed by atoms with Crippen LogP contribution in [0.4, 0.5) is 13.2 Å². The van der Waals surface area contributed by atoms with Crippen LogP contribution in [0.15, 0.2) is 24.3 Å². The quantitative estimate of drug-likeness (QED) is 0.770. The highest BCUT2D eigenvalue weighted by molar-refractivity contribution is 5.70. The molecule has 0 aliphatic carbocycles. The van der Waals surface area contributed by atoms with Crippen molar-refractivity contribution in [2.24, 2.45) is 0 Å². The van der Waals surface area contributed by atoms with Crippen molar-refractivity contribution in [2.75, 3.05) is 6.61 Å². The van der Waals surface area contributed by atoms with Gasteiger partial charge in [-0.1, -0.05) is 25.1 Å². The fourth-order valence-electron chi connectivity index (χ4n) is 1.76. The molecular formula is C13H15F3O2. The Morgan fingerprint density at radius 1 is 1.33 bits per heavy atom. The summed E-state index contributed by atoms with van der Waals surface area (Å²) >= 11 is 0. The van der Waals surface area contributed by atoms with Gasteiger partial charge < -0.3 is 4.74 Å². The molecule has 1 aromatic carbocycles. The first-order valence-electron chi connectivity index (χ1n) is 5.68. The first kappa shape index (κ1) is 14.5. The molecule has 18 heavy (non-hydrogen) atoms. The number of rotatable bonds is 4. The van der Waals surface area contributed by atoms with E-state index in [1.54, 1.807) is 13.8 Å². The van der Waals surface area contributed by atoms with Gasteiger partial charge in [0.05, 0.1) is 18.6 Å². The minimum atomic E-state index is -4.40. The molecule has 1 atom stereocenters. The van der Waals surface area contributed by atoms with Crippen molar-refractivity contribution in [2.45, 2.75) is 32.4 Å². The second-order valence-electron chi connectivity index (χ2n) is 4.00. The molecule has 1 unspecified atom stereocenters. The highest BCUT2D eigenvalue weighted by Crippen LogP contribution is 2.35. The minimum Gasteiger partial charge on any atom is -0.466 e. The summed E-state index contributed by atoms with van der Waals surface area (Å²) in [6.07, 6.45) is -4.46. The predicted octanol–water partition coefficient (Wildman–Crippen LogP) is 3.76. The maximum absolute atomic E-state index is 12.8. The second kappa shape index (κ2) is 5.89. The molecule has 0 saturated heterocycles. The summed E-state index contributed by atoms with van der Waals surface area (Å²) in [5, 5.41) is 0. The molecule has 0 amide bonds. The lowest BCUT2D eigenvalue weighted by molar-refractivity contribution is -0.144. The molecule has 1 rings (SSSR count). The Morgan fingerprint density at radius 3 is 2.50 bits per heavy atom. The van der Waals surface area contributed by atoms with E-state index in [1.165, 1.54) is 18.2 Å². The Labute approximate surface area is 104 Å². The first-order valence-corrected chi connectivity index (χ1v) is 5.68. The third kappa shape index (κ3) is 3.75. The van der Waals surface area contributed by atoms with Crippen molar-refractivity contribution in [1.82, 2.24) is 0 Å². The fraction of sp³-hybridized carbons (Fsp3) is 0.462. The molecule has 0 bridgehead atoms. The van der Waals surface area contributed by atoms with Crippen molar-refractivity contribution in [1.29, 1.82) is 0 Å². The molecule has 5 heteroatoms. The van der Waals surface area contributed by atoms with Gasteiger partial charge in [0.1, 0.15) is 0 Å². The molecular weight excluding hydrogens is 245 g/mol. The van der Waals surface area contributed by atoms with Crippen molar-refractivity contribution in [3.63, 3.8) is 0 Å². The summed E-state index contributed by atoms with van der Waals surface area (Å²) in [6.45, 7) is 3.47. The van der Waals surface area contributed by atoms with E-state index in [4.69, 9.17) is 4.74 Å². The molecule has 0 radical (unpaired) electrons. The van der Waals surface area contributed by atoms with Crippen molar-refractivity contribution >= 4 is 5.97 Å². The van der Waals surface area contributed by atoms with E-state index in [9.17, 15) is 18.0 Å². The Morgan fingerprint density at radius 2 is 1.94 bits per heavy atom. The zero-order chi connectivity index (χ0) is 13.8. The van der Waals surface area contributed by atoms with Gasteiger partial charge in [0.2, 0.25) is 0 Å². The summed E-state index contributed by atoms with van der Waals surface area (Å²) in [6, 6.07) is 5.29. The molecule has 0 spiro atoms. The third-order valence-corrected chi connectivity index (χ3v) is 2.58. The van der Waals surface area contributed by atoms with Crippen LogP contribution < -0.4 is 0 Å². The van der Waals surface area contributed by atoms with Crippen LogP contribution in [-0.2, 0) is 15.7 Å². The number of hydrogen-bond donors (Lipinski definition) is 0. The SMILES string of the molecule is CCOC(=O)CC(C)c1ccccc1C(F)(F)F. The maximum Gasteiger partial charge on any atom is 0.416 e. The Bertz CT molecular complexity index is 413. The number of alkyl halides is 3. The van der Waals surface area contributed by atoms with Crippen LogP contribution in [0, 0.1) is 0 Å². The zero-order valence-electron chi connectivity index (χ0n) is 10.3. The Balaban J connectivity index is 2.92. The van der Waals surface area contributed by atoms with Gasteiger partial charge in [-0.2, -0.15) is 13.2 Å². The molecule has 100 valence electrons. The molecule has 0 aliphatic heterocycles. The molecule has 2 nitrogen and oxygen atoms in total. The highest BCUT2D eigenvalue weighted by Gasteiger charge is 2.34. The Kier molecular flexibility index (Phi) is 4.76. The maximum atomic E-state index is 12.8. The van der Waals surface area contributed by atoms with Gasteiger partial charge in [-0.05, 0) is 24.5 Å². The summed E-state index contributed by atoms with van der Waals surface area (Å²) in [5.74, 6) is -1.01. The summed E-state index contributed by atoms with van der Waals surface area (Å²) < 4.78 is 43.1. The van der Waals surface area contributed by atoms with Crippen LogP contribution in [0.3, 0.4) is 0 Å². The highest BCUT2D eigenvalue weighted by atomic mass is 19.4. The van der Waals surface area contributed by atoms with E-state index in [-0.39, 0.29) is 18.6 Å². The fourth-order valence-corrected chi connectivity index (χ4v) is 1.76. The van der Waals surface area contributed by atoms with Gasteiger partial charge in [0, 0.05) is 0 Å². The number of halogens is 3. The molecule has 0 fully saturated rings. The lowest BCUT2D eigenvalue weighted by Gasteiger charge is -2.17. The van der Waals surface area contributed by atoms with E-state index in [0.717, 1.165) is 6.07 Å². The van der Waals surface area contributed by atoms with Gasteiger partial charge in [-0.25, -0.2) is 0 Å². The van der Waals surface area contributed by atoms with Crippen LogP contribution in [0.25, 0.3) is 0 Å². The number of carbonyl (C=O) groups excluding carboxylic acids is 1. The second-order valence-corrected chi connectivity index (χ2v) is 4.00. The predicted molar refractivity (Wildman–Crippen MR) is 61.1 cm³/mol. The monoisotopic (exact) mass is 260 g/mol. The normalized spacial score (nSPS) is 13.2. The summed E-state index contributed by atoms with van der Waals surface area (Å²) in [5.41, 5.74) is -0.570. The van der Waals surface area contributed by atoms with Gasteiger partial charge in [0.15, 0.2) is 0 Å². The average molecular weight is 260 g/mol. The first-order chi connectivity index (χ1) is 8.36. The minimum absolute atomic E-state index is 0.0546. The van der Waals surface area contributed by atoms with E-state index in [1.807, 2.05) is 0 Å². The lowest BCUT2D eigenvalue weighted by Crippen LogP contribution is -2.14. The van der Waals surface area contributed by atoms with Gasteiger partial charge in [-0.15, -0.1) is 0 Å². The molecule has 0 N–H and O–H groups in total. The average Bonchev–Trinajstić information content (AvgIpc) is 2.28. The number of benzene rings is 1. The molecule has 0 aliphatic rings. The van der Waals surface area contributed by atoms with Gasteiger partial charge in [0.25, 0.3) is 0 Å². The van der Waals surface area contributed by atoms with Crippen LogP contribution >= 0.6 is 0 Å². The number of hydrogen-bond acceptors (Lipinski definition) is 2. The standard InChI is InChI=1S/C13H15F3O2/c1-3-18-12(17)8-9(2)10-6-4-5-7-11(10)13(14,15)16/h4-7,9H,3,8H2,1-2H3. The van der Waals surface area contributed by atoms with Crippen LogP contribution in [0.2, 0.25) is 0 Å². The van der Waals surface area contributed by atoms with Crippen molar-refractivity contribution < 1.29 is 22.7 Å². The zero-order valence-corrected chi connectivity index (χ0v) is 10.3. The smallest absolute Gasteiger partial charge is 0.416 e. The van der Waals surface area contributed by atoms with Crippen LogP contribution in [0.1, 0.15) is 37.3 Å². The van der Waals surface area contributed by atoms with Crippen LogP contribution in [0.5, 0.6) is 0 Å². The van der Waals surface area contributed by atoms with E-state index in [0.29, 0.717) is 0 Å². The molecule has 0 heterocycles. The number of ether oxygens (including phenoxy) is 1. The molecule has 0 aromatic heterocycles. The van der Waals surface area contributed by atoms with Crippen molar-refractivity contribution in [3.8, 4) is 0 Å². The lowest BCUT2D eigenvalue weighted by atomic mass is 9.93. The van der Waals surface area contributed by atoms with E-state index < -0.39 is 23.6 Å². The Hall–Kier alpha value is -1.52. The van der Waals surface area contributed by atoms with Crippen molar-refractivity contribution in [3.05, 3.63) is 35.4 Å². The van der Waals surface area contributed by atoms with Crippen LogP contribution in [-0.4, -0.2) is 12.6 Å². The third-order valence-electron chi connectivity index (χ3n) is 2.58. The van der Waals surface area contributed by atoms with E-state index in [2.05, 4.69) is 0 Å². The summed E-state index contributed by atoms with van der Waals surface area (Å²) in [4.78, 5) is 11.3. The molecule has 0 saturated carbocycles. The largest absolute Gasteiger partial charge is 0.466 e. The summed E-state index contributed by atoms with van der Waals surface area (Å²) in [7, 11) is 0. The number of carbonyl (C=O) groups is 1. The topological polar surface area (TPSA) is 26.3 Å². The molecule has 1 aromatic rings. The van der Waals surface area contributed by atoms with Gasteiger partial charge >= 0.3 is 12.1 Å².